The van der Waals surface area contributed by atoms with Gasteiger partial charge in [0, 0.05) is 33.3 Å². The molecule has 0 bridgehead atoms. The van der Waals surface area contributed by atoms with Gasteiger partial charge in [-0.3, -0.25) is 4.79 Å². The Bertz CT molecular complexity index is 634. The highest BCUT2D eigenvalue weighted by atomic mass is 35.5. The molecule has 0 aliphatic rings. The summed E-state index contributed by atoms with van der Waals surface area (Å²) in [6.45, 7) is 1.57. The van der Waals surface area contributed by atoms with E-state index in [2.05, 4.69) is 5.32 Å². The molecule has 7 nitrogen and oxygen atoms in total. The number of halogens is 1. The molecular formula is C14H21ClN2O5S. The van der Waals surface area contributed by atoms with Gasteiger partial charge in [0.1, 0.15) is 4.90 Å². The smallest absolute Gasteiger partial charge is 0.251 e. The summed E-state index contributed by atoms with van der Waals surface area (Å²) in [5.74, 6) is -0.396. The molecule has 0 radical (unpaired) electrons. The summed E-state index contributed by atoms with van der Waals surface area (Å²) in [5.41, 5.74) is 0.215. The molecule has 0 heterocycles. The lowest BCUT2D eigenvalue weighted by atomic mass is 10.2. The lowest BCUT2D eigenvalue weighted by Gasteiger charge is -2.14. The average molecular weight is 365 g/mol. The zero-order valence-electron chi connectivity index (χ0n) is 13.3. The predicted molar refractivity (Wildman–Crippen MR) is 87.4 cm³/mol. The zero-order valence-corrected chi connectivity index (χ0v) is 14.9. The van der Waals surface area contributed by atoms with Crippen LogP contribution in [0, 0.1) is 0 Å². The molecule has 1 rings (SSSR count). The van der Waals surface area contributed by atoms with Crippen LogP contribution in [0.3, 0.4) is 0 Å². The van der Waals surface area contributed by atoms with Crippen molar-refractivity contribution in [3.8, 4) is 0 Å². The highest BCUT2D eigenvalue weighted by Gasteiger charge is 2.22. The second kappa shape index (κ2) is 9.19. The van der Waals surface area contributed by atoms with Gasteiger partial charge in [-0.25, -0.2) is 12.7 Å². The normalized spacial score (nSPS) is 11.7. The van der Waals surface area contributed by atoms with E-state index in [-0.39, 0.29) is 15.5 Å². The van der Waals surface area contributed by atoms with Crippen molar-refractivity contribution in [3.05, 3.63) is 28.8 Å². The summed E-state index contributed by atoms with van der Waals surface area (Å²) in [4.78, 5) is 11.9. The van der Waals surface area contributed by atoms with Crippen molar-refractivity contribution in [2.24, 2.45) is 0 Å². The molecular weight excluding hydrogens is 344 g/mol. The van der Waals surface area contributed by atoms with Crippen molar-refractivity contribution in [2.45, 2.75) is 4.90 Å². The topological polar surface area (TPSA) is 84.9 Å². The van der Waals surface area contributed by atoms with Crippen LogP contribution in [-0.2, 0) is 19.5 Å². The molecule has 0 saturated heterocycles. The molecule has 0 fully saturated rings. The van der Waals surface area contributed by atoms with Gasteiger partial charge in [0.05, 0.1) is 24.8 Å². The zero-order chi connectivity index (χ0) is 17.5. The summed E-state index contributed by atoms with van der Waals surface area (Å²) in [6, 6.07) is 4.12. The monoisotopic (exact) mass is 364 g/mol. The minimum absolute atomic E-state index is 0.0677. The van der Waals surface area contributed by atoms with E-state index in [1.165, 1.54) is 32.3 Å². The first kappa shape index (κ1) is 19.9. The van der Waals surface area contributed by atoms with Crippen LogP contribution in [-0.4, -0.2) is 66.2 Å². The van der Waals surface area contributed by atoms with Crippen LogP contribution >= 0.6 is 11.6 Å². The number of ether oxygens (including phenoxy) is 2. The van der Waals surface area contributed by atoms with Crippen molar-refractivity contribution >= 4 is 27.5 Å². The summed E-state index contributed by atoms with van der Waals surface area (Å²) in [7, 11) is 0.655. The first-order chi connectivity index (χ1) is 10.8. The van der Waals surface area contributed by atoms with Gasteiger partial charge in [-0.15, -0.1) is 0 Å². The van der Waals surface area contributed by atoms with Crippen LogP contribution in [0.4, 0.5) is 0 Å². The van der Waals surface area contributed by atoms with Crippen LogP contribution < -0.4 is 5.32 Å². The van der Waals surface area contributed by atoms with Crippen LogP contribution in [0.25, 0.3) is 0 Å². The van der Waals surface area contributed by atoms with Gasteiger partial charge in [0.2, 0.25) is 10.0 Å². The fourth-order valence-electron chi connectivity index (χ4n) is 1.62. The highest BCUT2D eigenvalue weighted by Crippen LogP contribution is 2.24. The number of benzene rings is 1. The minimum Gasteiger partial charge on any atom is -0.382 e. The number of rotatable bonds is 9. The lowest BCUT2D eigenvalue weighted by Crippen LogP contribution is -2.28. The average Bonchev–Trinajstić information content (AvgIpc) is 2.50. The summed E-state index contributed by atoms with van der Waals surface area (Å²) in [5, 5.41) is 2.71. The Labute approximate surface area is 141 Å². The number of amides is 1. The minimum atomic E-state index is -3.72. The van der Waals surface area contributed by atoms with Crippen molar-refractivity contribution in [3.63, 3.8) is 0 Å². The quantitative estimate of drug-likeness (QED) is 0.660. The Morgan fingerprint density at radius 1 is 1.26 bits per heavy atom. The Hall–Kier alpha value is -1.19. The molecule has 0 aliphatic heterocycles. The van der Waals surface area contributed by atoms with Crippen molar-refractivity contribution < 1.29 is 22.7 Å². The molecule has 1 aromatic carbocycles. The van der Waals surface area contributed by atoms with Crippen LogP contribution in [0.15, 0.2) is 23.1 Å². The standard InChI is InChI=1S/C14H21ClN2O5S/c1-17(2)23(19,20)13-10-11(4-5-12(13)15)14(18)16-6-7-22-9-8-21-3/h4-5,10H,6-9H2,1-3H3,(H,16,18). The molecule has 0 aromatic heterocycles. The molecule has 1 amide bonds. The molecule has 23 heavy (non-hydrogen) atoms. The number of carbonyl (C=O) groups excluding carboxylic acids is 1. The number of sulfonamides is 1. The maximum absolute atomic E-state index is 12.2. The largest absolute Gasteiger partial charge is 0.382 e. The lowest BCUT2D eigenvalue weighted by molar-refractivity contribution is 0.0692. The van der Waals surface area contributed by atoms with Gasteiger partial charge < -0.3 is 14.8 Å². The molecule has 0 unspecified atom stereocenters. The summed E-state index contributed by atoms with van der Waals surface area (Å²) < 4.78 is 35.4. The van der Waals surface area contributed by atoms with Gasteiger partial charge in [-0.05, 0) is 18.2 Å². The number of methoxy groups -OCH3 is 1. The third kappa shape index (κ3) is 5.74. The molecule has 0 aliphatic carbocycles. The van der Waals surface area contributed by atoms with Gasteiger partial charge in [0.15, 0.2) is 0 Å². The van der Waals surface area contributed by atoms with Gasteiger partial charge in [-0.2, -0.15) is 0 Å². The molecule has 1 N–H and O–H groups in total. The summed E-state index contributed by atoms with van der Waals surface area (Å²) >= 11 is 5.94. The molecule has 0 saturated carbocycles. The Morgan fingerprint density at radius 3 is 2.57 bits per heavy atom. The fraction of sp³-hybridized carbons (Fsp3) is 0.500. The molecule has 0 spiro atoms. The van der Waals surface area contributed by atoms with E-state index >= 15 is 0 Å². The van der Waals surface area contributed by atoms with Crippen molar-refractivity contribution in [2.75, 3.05) is 47.6 Å². The molecule has 0 atom stereocenters. The number of nitrogens with zero attached hydrogens (tertiary/aromatic N) is 1. The van der Waals surface area contributed by atoms with E-state index in [0.29, 0.717) is 26.4 Å². The van der Waals surface area contributed by atoms with E-state index in [9.17, 15) is 13.2 Å². The Morgan fingerprint density at radius 2 is 1.96 bits per heavy atom. The van der Waals surface area contributed by atoms with Gasteiger partial charge in [-0.1, -0.05) is 11.6 Å². The molecule has 1 aromatic rings. The van der Waals surface area contributed by atoms with Gasteiger partial charge in [0.25, 0.3) is 5.91 Å². The number of nitrogens with one attached hydrogen (secondary N) is 1. The molecule has 9 heteroatoms. The first-order valence-electron chi connectivity index (χ1n) is 6.87. The van der Waals surface area contributed by atoms with Crippen LogP contribution in [0.2, 0.25) is 5.02 Å². The van der Waals surface area contributed by atoms with Crippen molar-refractivity contribution in [1.29, 1.82) is 0 Å². The van der Waals surface area contributed by atoms with E-state index < -0.39 is 15.9 Å². The van der Waals surface area contributed by atoms with E-state index in [0.717, 1.165) is 4.31 Å². The van der Waals surface area contributed by atoms with Gasteiger partial charge >= 0.3 is 0 Å². The van der Waals surface area contributed by atoms with Crippen LogP contribution in [0.5, 0.6) is 0 Å². The third-order valence-corrected chi connectivity index (χ3v) is 5.21. The number of hydrogen-bond donors (Lipinski definition) is 1. The third-order valence-electron chi connectivity index (χ3n) is 2.92. The second-order valence-corrected chi connectivity index (χ2v) is 7.32. The maximum Gasteiger partial charge on any atom is 0.251 e. The van der Waals surface area contributed by atoms with E-state index in [1.54, 1.807) is 7.11 Å². The molecule has 130 valence electrons. The number of carbonyl (C=O) groups is 1. The van der Waals surface area contributed by atoms with Crippen LogP contribution in [0.1, 0.15) is 10.4 Å². The predicted octanol–water partition coefficient (Wildman–Crippen LogP) is 0.983. The van der Waals surface area contributed by atoms with E-state index in [4.69, 9.17) is 21.1 Å². The first-order valence-corrected chi connectivity index (χ1v) is 8.69. The highest BCUT2D eigenvalue weighted by molar-refractivity contribution is 7.89. The number of hydrogen-bond acceptors (Lipinski definition) is 5. The SMILES string of the molecule is COCCOCCNC(=O)c1ccc(Cl)c(S(=O)(=O)N(C)C)c1. The Kier molecular flexibility index (Phi) is 7.93. The fourth-order valence-corrected chi connectivity index (χ4v) is 3.02. The van der Waals surface area contributed by atoms with E-state index in [1.807, 2.05) is 0 Å². The second-order valence-electron chi connectivity index (χ2n) is 4.79. The maximum atomic E-state index is 12.2. The van der Waals surface area contributed by atoms with Crippen molar-refractivity contribution in [1.82, 2.24) is 9.62 Å². The summed E-state index contributed by atoms with van der Waals surface area (Å²) in [6.07, 6.45) is 0. The Balaban J connectivity index is 2.73.